The molecule has 0 aliphatic heterocycles. The van der Waals surface area contributed by atoms with Crippen LogP contribution in [0.15, 0.2) is 40.9 Å². The van der Waals surface area contributed by atoms with E-state index >= 15 is 0 Å². The first-order valence-electron chi connectivity index (χ1n) is 6.97. The Hall–Kier alpha value is -0.900. The van der Waals surface area contributed by atoms with Crippen LogP contribution in [-0.4, -0.2) is 6.54 Å². The Labute approximate surface area is 138 Å². The second kappa shape index (κ2) is 7.39. The molecule has 0 aliphatic rings. The van der Waals surface area contributed by atoms with Crippen LogP contribution in [0.2, 0.25) is 5.02 Å². The maximum Gasteiger partial charge on any atom is 0.123 e. The van der Waals surface area contributed by atoms with Gasteiger partial charge in [0.1, 0.15) is 5.82 Å². The lowest BCUT2D eigenvalue weighted by molar-refractivity contribution is 0.588. The third-order valence-corrected chi connectivity index (χ3v) is 4.34. The van der Waals surface area contributed by atoms with Crippen LogP contribution in [0, 0.1) is 12.7 Å². The monoisotopic (exact) mass is 369 g/mol. The molecule has 4 heteroatoms. The highest BCUT2D eigenvalue weighted by atomic mass is 79.9. The maximum absolute atomic E-state index is 13.4. The van der Waals surface area contributed by atoms with Crippen molar-refractivity contribution in [2.45, 2.75) is 26.3 Å². The Morgan fingerprint density at radius 3 is 2.52 bits per heavy atom. The lowest BCUT2D eigenvalue weighted by Crippen LogP contribution is -2.24. The highest BCUT2D eigenvalue weighted by Crippen LogP contribution is 2.32. The molecule has 1 N–H and O–H groups in total. The average Bonchev–Trinajstić information content (AvgIpc) is 2.42. The van der Waals surface area contributed by atoms with Crippen molar-refractivity contribution >= 4 is 27.5 Å². The van der Waals surface area contributed by atoms with Crippen molar-refractivity contribution < 1.29 is 4.39 Å². The largest absolute Gasteiger partial charge is 0.306 e. The molecule has 2 aromatic rings. The summed E-state index contributed by atoms with van der Waals surface area (Å²) in [5.41, 5.74) is 3.11. The first kappa shape index (κ1) is 16.5. The van der Waals surface area contributed by atoms with Gasteiger partial charge in [-0.05, 0) is 60.8 Å². The van der Waals surface area contributed by atoms with E-state index in [1.165, 1.54) is 6.07 Å². The van der Waals surface area contributed by atoms with Crippen molar-refractivity contribution in [3.63, 3.8) is 0 Å². The zero-order valence-corrected chi connectivity index (χ0v) is 14.4. The number of hydrogen-bond donors (Lipinski definition) is 1. The number of halogens is 3. The molecule has 0 saturated carbocycles. The molecule has 2 aromatic carbocycles. The molecule has 0 aromatic heterocycles. The van der Waals surface area contributed by atoms with Crippen LogP contribution in [0.1, 0.15) is 36.1 Å². The van der Waals surface area contributed by atoms with E-state index in [1.54, 1.807) is 6.07 Å². The summed E-state index contributed by atoms with van der Waals surface area (Å²) in [7, 11) is 0. The van der Waals surface area contributed by atoms with E-state index in [0.717, 1.165) is 34.1 Å². The summed E-state index contributed by atoms with van der Waals surface area (Å²) in [4.78, 5) is 0. The summed E-state index contributed by atoms with van der Waals surface area (Å²) in [6.45, 7) is 4.94. The van der Waals surface area contributed by atoms with Crippen LogP contribution in [0.5, 0.6) is 0 Å². The standard InChI is InChI=1S/C17H18BrClFN/c1-3-8-21-17(14-7-5-13(20)9-11(14)2)15-6-4-12(19)10-16(15)18/h4-7,9-10,17,21H,3,8H2,1-2H3. The van der Waals surface area contributed by atoms with Crippen LogP contribution in [-0.2, 0) is 0 Å². The molecule has 112 valence electrons. The minimum atomic E-state index is -0.208. The molecule has 0 bridgehead atoms. The van der Waals surface area contributed by atoms with Gasteiger partial charge in [0.2, 0.25) is 0 Å². The van der Waals surface area contributed by atoms with Crippen molar-refractivity contribution in [3.05, 3.63) is 68.4 Å². The van der Waals surface area contributed by atoms with Crippen molar-refractivity contribution in [1.29, 1.82) is 0 Å². The fourth-order valence-corrected chi connectivity index (χ4v) is 3.29. The van der Waals surface area contributed by atoms with Crippen molar-refractivity contribution in [2.75, 3.05) is 6.54 Å². The molecule has 0 radical (unpaired) electrons. The van der Waals surface area contributed by atoms with Gasteiger partial charge in [0, 0.05) is 9.50 Å². The van der Waals surface area contributed by atoms with E-state index < -0.39 is 0 Å². The molecule has 0 saturated heterocycles. The summed E-state index contributed by atoms with van der Waals surface area (Å²) in [5, 5.41) is 4.22. The second-order valence-electron chi connectivity index (χ2n) is 5.05. The lowest BCUT2D eigenvalue weighted by Gasteiger charge is -2.23. The van der Waals surface area contributed by atoms with Crippen LogP contribution in [0.3, 0.4) is 0 Å². The molecule has 0 fully saturated rings. The predicted molar refractivity (Wildman–Crippen MR) is 90.4 cm³/mol. The molecule has 0 heterocycles. The summed E-state index contributed by atoms with van der Waals surface area (Å²) < 4.78 is 14.3. The fraction of sp³-hybridized carbons (Fsp3) is 0.294. The molecule has 1 atom stereocenters. The highest BCUT2D eigenvalue weighted by molar-refractivity contribution is 9.10. The molecule has 1 unspecified atom stereocenters. The highest BCUT2D eigenvalue weighted by Gasteiger charge is 2.18. The van der Waals surface area contributed by atoms with Crippen molar-refractivity contribution in [3.8, 4) is 0 Å². The smallest absolute Gasteiger partial charge is 0.123 e. The van der Waals surface area contributed by atoms with E-state index in [2.05, 4.69) is 28.2 Å². The molecular weight excluding hydrogens is 353 g/mol. The summed E-state index contributed by atoms with van der Waals surface area (Å²) in [6.07, 6.45) is 1.03. The number of benzene rings is 2. The molecular formula is C17H18BrClFN. The van der Waals surface area contributed by atoms with E-state index in [1.807, 2.05) is 31.2 Å². The van der Waals surface area contributed by atoms with Gasteiger partial charge in [0.25, 0.3) is 0 Å². The van der Waals surface area contributed by atoms with Crippen molar-refractivity contribution in [1.82, 2.24) is 5.32 Å². The van der Waals surface area contributed by atoms with Gasteiger partial charge in [0.05, 0.1) is 6.04 Å². The van der Waals surface area contributed by atoms with Crippen LogP contribution >= 0.6 is 27.5 Å². The molecule has 2 rings (SSSR count). The molecule has 0 aliphatic carbocycles. The van der Waals surface area contributed by atoms with Gasteiger partial charge in [0.15, 0.2) is 0 Å². The Bertz CT molecular complexity index is 579. The van der Waals surface area contributed by atoms with Gasteiger partial charge in [-0.25, -0.2) is 4.39 Å². The summed E-state index contributed by atoms with van der Waals surface area (Å²) >= 11 is 9.60. The number of hydrogen-bond acceptors (Lipinski definition) is 1. The quantitative estimate of drug-likeness (QED) is 0.718. The Kier molecular flexibility index (Phi) is 5.80. The van der Waals surface area contributed by atoms with Gasteiger partial charge in [-0.1, -0.05) is 46.6 Å². The molecule has 21 heavy (non-hydrogen) atoms. The molecule has 0 amide bonds. The number of rotatable bonds is 5. The Morgan fingerprint density at radius 1 is 1.19 bits per heavy atom. The summed E-state index contributed by atoms with van der Waals surface area (Å²) in [5.74, 6) is -0.208. The van der Waals surface area contributed by atoms with Gasteiger partial charge in [-0.3, -0.25) is 0 Å². The van der Waals surface area contributed by atoms with E-state index in [0.29, 0.717) is 5.02 Å². The van der Waals surface area contributed by atoms with Crippen LogP contribution < -0.4 is 5.32 Å². The van der Waals surface area contributed by atoms with Crippen molar-refractivity contribution in [2.24, 2.45) is 0 Å². The van der Waals surface area contributed by atoms with E-state index in [-0.39, 0.29) is 11.9 Å². The third kappa shape index (κ3) is 4.06. The third-order valence-electron chi connectivity index (χ3n) is 3.41. The van der Waals surface area contributed by atoms with E-state index in [4.69, 9.17) is 11.6 Å². The minimum Gasteiger partial charge on any atom is -0.306 e. The minimum absolute atomic E-state index is 0.0113. The summed E-state index contributed by atoms with van der Waals surface area (Å²) in [6, 6.07) is 10.7. The van der Waals surface area contributed by atoms with Gasteiger partial charge < -0.3 is 5.32 Å². The van der Waals surface area contributed by atoms with Gasteiger partial charge >= 0.3 is 0 Å². The first-order valence-corrected chi connectivity index (χ1v) is 8.14. The second-order valence-corrected chi connectivity index (χ2v) is 6.34. The van der Waals surface area contributed by atoms with Gasteiger partial charge in [-0.15, -0.1) is 0 Å². The zero-order valence-electron chi connectivity index (χ0n) is 12.1. The van der Waals surface area contributed by atoms with Gasteiger partial charge in [-0.2, -0.15) is 0 Å². The first-order chi connectivity index (χ1) is 10.0. The molecule has 0 spiro atoms. The van der Waals surface area contributed by atoms with Crippen LogP contribution in [0.4, 0.5) is 4.39 Å². The lowest BCUT2D eigenvalue weighted by atomic mass is 9.94. The Morgan fingerprint density at radius 2 is 1.90 bits per heavy atom. The molecule has 1 nitrogen and oxygen atoms in total. The van der Waals surface area contributed by atoms with E-state index in [9.17, 15) is 4.39 Å². The number of aryl methyl sites for hydroxylation is 1. The zero-order chi connectivity index (χ0) is 15.4. The fourth-order valence-electron chi connectivity index (χ4n) is 2.37. The predicted octanol–water partition coefficient (Wildman–Crippen LogP) is 5.64. The van der Waals surface area contributed by atoms with Crippen LogP contribution in [0.25, 0.3) is 0 Å². The topological polar surface area (TPSA) is 12.0 Å². The number of nitrogens with one attached hydrogen (secondary N) is 1. The maximum atomic E-state index is 13.4. The SMILES string of the molecule is CCCNC(c1ccc(F)cc1C)c1ccc(Cl)cc1Br. The average molecular weight is 371 g/mol. The Balaban J connectivity index is 2.46. The normalized spacial score (nSPS) is 12.4.